The number of nitrogens with one attached hydrogen (secondary N) is 1. The van der Waals surface area contributed by atoms with E-state index in [1.807, 2.05) is 34.6 Å². The average Bonchev–Trinajstić information content (AvgIpc) is 2.97. The fourth-order valence-electron chi connectivity index (χ4n) is 3.50. The van der Waals surface area contributed by atoms with E-state index in [-0.39, 0.29) is 12.1 Å². The van der Waals surface area contributed by atoms with Gasteiger partial charge in [0.25, 0.3) is 0 Å². The van der Waals surface area contributed by atoms with E-state index < -0.39 is 5.60 Å². The summed E-state index contributed by atoms with van der Waals surface area (Å²) in [5, 5.41) is 3.53. The van der Waals surface area contributed by atoms with E-state index in [4.69, 9.17) is 4.74 Å². The van der Waals surface area contributed by atoms with Crippen LogP contribution in [0.2, 0.25) is 0 Å². The van der Waals surface area contributed by atoms with Crippen LogP contribution >= 0.6 is 0 Å². The van der Waals surface area contributed by atoms with E-state index in [2.05, 4.69) is 17.5 Å². The number of hydrogen-bond donors (Lipinski definition) is 1. The lowest BCUT2D eigenvalue weighted by atomic mass is 9.94. The second kappa shape index (κ2) is 7.03. The zero-order valence-electron chi connectivity index (χ0n) is 14.8. The predicted octanol–water partition coefficient (Wildman–Crippen LogP) is 3.43. The quantitative estimate of drug-likeness (QED) is 0.604. The summed E-state index contributed by atoms with van der Waals surface area (Å²) in [6.45, 7) is 12.4. The highest BCUT2D eigenvalue weighted by Crippen LogP contribution is 2.42. The number of hydrogen-bond acceptors (Lipinski definition) is 3. The van der Waals surface area contributed by atoms with Gasteiger partial charge in [-0.2, -0.15) is 0 Å². The number of rotatable bonds is 6. The van der Waals surface area contributed by atoms with Gasteiger partial charge in [0, 0.05) is 19.1 Å². The molecule has 1 saturated carbocycles. The van der Waals surface area contributed by atoms with Crippen molar-refractivity contribution in [2.45, 2.75) is 59.1 Å². The summed E-state index contributed by atoms with van der Waals surface area (Å²) in [4.78, 5) is 14.0. The van der Waals surface area contributed by atoms with Crippen molar-refractivity contribution in [2.75, 3.05) is 19.6 Å². The molecule has 1 amide bonds. The SMILES string of the molecule is CC(C)N(CCNCC1CC2C=CC1C2)C(=O)OC(C)(C)C. The third-order valence-corrected chi connectivity index (χ3v) is 4.60. The van der Waals surface area contributed by atoms with E-state index in [1.165, 1.54) is 12.8 Å². The van der Waals surface area contributed by atoms with Crippen molar-refractivity contribution < 1.29 is 9.53 Å². The number of ether oxygens (including phenoxy) is 1. The van der Waals surface area contributed by atoms with Crippen molar-refractivity contribution in [1.82, 2.24) is 10.2 Å². The first-order chi connectivity index (χ1) is 10.3. The third kappa shape index (κ3) is 4.73. The summed E-state index contributed by atoms with van der Waals surface area (Å²) in [5.41, 5.74) is -0.437. The first kappa shape index (κ1) is 17.3. The van der Waals surface area contributed by atoms with Crippen LogP contribution in [0.4, 0.5) is 4.79 Å². The minimum atomic E-state index is -0.437. The van der Waals surface area contributed by atoms with Crippen LogP contribution in [0.15, 0.2) is 12.2 Å². The van der Waals surface area contributed by atoms with Gasteiger partial charge in [-0.1, -0.05) is 12.2 Å². The maximum absolute atomic E-state index is 12.2. The molecule has 2 rings (SSSR count). The monoisotopic (exact) mass is 308 g/mol. The molecule has 2 aliphatic carbocycles. The van der Waals surface area contributed by atoms with Crippen molar-refractivity contribution in [3.63, 3.8) is 0 Å². The molecule has 1 fully saturated rings. The van der Waals surface area contributed by atoms with Crippen LogP contribution in [0, 0.1) is 17.8 Å². The van der Waals surface area contributed by atoms with Crippen molar-refractivity contribution >= 4 is 6.09 Å². The highest BCUT2D eigenvalue weighted by molar-refractivity contribution is 5.68. The summed E-state index contributed by atoms with van der Waals surface area (Å²) in [5.74, 6) is 2.39. The average molecular weight is 308 g/mol. The zero-order chi connectivity index (χ0) is 16.3. The molecule has 0 saturated heterocycles. The molecule has 22 heavy (non-hydrogen) atoms. The lowest BCUT2D eigenvalue weighted by Crippen LogP contribution is -2.44. The number of carbonyl (C=O) groups excluding carboxylic acids is 1. The lowest BCUT2D eigenvalue weighted by molar-refractivity contribution is 0.0193. The number of allylic oxidation sites excluding steroid dienone is 2. The maximum atomic E-state index is 12.2. The number of nitrogens with zero attached hydrogens (tertiary/aromatic N) is 1. The molecule has 0 aliphatic heterocycles. The Kier molecular flexibility index (Phi) is 5.54. The van der Waals surface area contributed by atoms with Crippen molar-refractivity contribution in [1.29, 1.82) is 0 Å². The Hall–Kier alpha value is -1.03. The van der Waals surface area contributed by atoms with E-state index in [1.54, 1.807) is 4.90 Å². The summed E-state index contributed by atoms with van der Waals surface area (Å²) < 4.78 is 5.48. The van der Waals surface area contributed by atoms with Crippen LogP contribution in [-0.4, -0.2) is 42.3 Å². The molecule has 0 heterocycles. The molecule has 126 valence electrons. The highest BCUT2D eigenvalue weighted by Gasteiger charge is 2.35. The highest BCUT2D eigenvalue weighted by atomic mass is 16.6. The van der Waals surface area contributed by atoms with Gasteiger partial charge in [0.2, 0.25) is 0 Å². The van der Waals surface area contributed by atoms with Gasteiger partial charge in [-0.15, -0.1) is 0 Å². The second-order valence-corrected chi connectivity index (χ2v) is 8.01. The molecule has 1 N–H and O–H groups in total. The van der Waals surface area contributed by atoms with Crippen molar-refractivity contribution in [3.05, 3.63) is 12.2 Å². The fourth-order valence-corrected chi connectivity index (χ4v) is 3.50. The first-order valence-electron chi connectivity index (χ1n) is 8.65. The smallest absolute Gasteiger partial charge is 0.410 e. The molecular weight excluding hydrogens is 276 g/mol. The van der Waals surface area contributed by atoms with Crippen LogP contribution in [0.3, 0.4) is 0 Å². The van der Waals surface area contributed by atoms with Gasteiger partial charge >= 0.3 is 6.09 Å². The van der Waals surface area contributed by atoms with Crippen molar-refractivity contribution in [3.8, 4) is 0 Å². The van der Waals surface area contributed by atoms with Crippen LogP contribution in [0.1, 0.15) is 47.5 Å². The molecule has 0 aromatic heterocycles. The summed E-state index contributed by atoms with van der Waals surface area (Å²) in [6.07, 6.45) is 7.23. The zero-order valence-corrected chi connectivity index (χ0v) is 14.8. The first-order valence-corrected chi connectivity index (χ1v) is 8.65. The molecule has 0 aromatic carbocycles. The molecule has 3 unspecified atom stereocenters. The Labute approximate surface area is 135 Å². The molecule has 0 aromatic rings. The molecule has 4 heteroatoms. The van der Waals surface area contributed by atoms with Gasteiger partial charge < -0.3 is 15.0 Å². The second-order valence-electron chi connectivity index (χ2n) is 8.01. The number of fused-ring (bicyclic) bond motifs is 2. The molecule has 0 radical (unpaired) electrons. The van der Waals surface area contributed by atoms with Gasteiger partial charge in [0.15, 0.2) is 0 Å². The Morgan fingerprint density at radius 2 is 2.05 bits per heavy atom. The van der Waals surface area contributed by atoms with Gasteiger partial charge in [-0.3, -0.25) is 0 Å². The van der Waals surface area contributed by atoms with E-state index in [0.29, 0.717) is 6.54 Å². The van der Waals surface area contributed by atoms with Gasteiger partial charge in [0.05, 0.1) is 0 Å². The summed E-state index contributed by atoms with van der Waals surface area (Å²) in [6, 6.07) is 0.155. The maximum Gasteiger partial charge on any atom is 0.410 e. The number of amides is 1. The topological polar surface area (TPSA) is 41.6 Å². The predicted molar refractivity (Wildman–Crippen MR) is 89.8 cm³/mol. The van der Waals surface area contributed by atoms with Crippen molar-refractivity contribution in [2.24, 2.45) is 17.8 Å². The largest absolute Gasteiger partial charge is 0.444 e. The molecule has 0 spiro atoms. The Bertz CT molecular complexity index is 412. The Balaban J connectivity index is 1.70. The standard InChI is InChI=1S/C18H32N2O2/c1-13(2)20(17(21)22-18(3,4)5)9-8-19-12-16-11-14-6-7-15(16)10-14/h6-7,13-16,19H,8-12H2,1-5H3. The van der Waals surface area contributed by atoms with Gasteiger partial charge in [0.1, 0.15) is 5.60 Å². The normalized spacial score (nSPS) is 26.7. The molecule has 4 nitrogen and oxygen atoms in total. The van der Waals surface area contributed by atoms with Crippen LogP contribution < -0.4 is 5.32 Å². The minimum Gasteiger partial charge on any atom is -0.444 e. The van der Waals surface area contributed by atoms with Crippen LogP contribution in [0.25, 0.3) is 0 Å². The Morgan fingerprint density at radius 3 is 2.55 bits per heavy atom. The minimum absolute atomic E-state index is 0.155. The molecule has 2 bridgehead atoms. The van der Waals surface area contributed by atoms with E-state index in [9.17, 15) is 4.79 Å². The molecular formula is C18H32N2O2. The van der Waals surface area contributed by atoms with Gasteiger partial charge in [-0.05, 0) is 71.8 Å². The Morgan fingerprint density at radius 1 is 1.32 bits per heavy atom. The lowest BCUT2D eigenvalue weighted by Gasteiger charge is -2.30. The van der Waals surface area contributed by atoms with Gasteiger partial charge in [-0.25, -0.2) is 4.79 Å². The summed E-state index contributed by atoms with van der Waals surface area (Å²) >= 11 is 0. The van der Waals surface area contributed by atoms with Crippen LogP contribution in [-0.2, 0) is 4.74 Å². The number of carbonyl (C=O) groups is 1. The van der Waals surface area contributed by atoms with E-state index >= 15 is 0 Å². The third-order valence-electron chi connectivity index (χ3n) is 4.60. The van der Waals surface area contributed by atoms with Crippen LogP contribution in [0.5, 0.6) is 0 Å². The fraction of sp³-hybridized carbons (Fsp3) is 0.833. The molecule has 3 atom stereocenters. The molecule has 2 aliphatic rings. The van der Waals surface area contributed by atoms with E-state index in [0.717, 1.165) is 30.8 Å². The summed E-state index contributed by atoms with van der Waals surface area (Å²) in [7, 11) is 0.